The van der Waals surface area contributed by atoms with Crippen LogP contribution in [-0.4, -0.2) is 31.2 Å². The van der Waals surface area contributed by atoms with Gasteiger partial charge in [0.15, 0.2) is 18.1 Å². The number of anilines is 1. The van der Waals surface area contributed by atoms with Crippen LogP contribution in [-0.2, 0) is 16.1 Å². The van der Waals surface area contributed by atoms with Crippen LogP contribution in [0.15, 0.2) is 48.5 Å². The molecule has 2 rings (SSSR count). The summed E-state index contributed by atoms with van der Waals surface area (Å²) in [4.78, 5) is 23.1. The van der Waals surface area contributed by atoms with Crippen molar-refractivity contribution in [1.82, 2.24) is 5.32 Å². The Morgan fingerprint density at radius 3 is 2.21 bits per heavy atom. The first-order valence-electron chi connectivity index (χ1n) is 8.38. The molecule has 150 valence electrons. The van der Waals surface area contributed by atoms with Gasteiger partial charge in [0.1, 0.15) is 0 Å². The van der Waals surface area contributed by atoms with E-state index in [4.69, 9.17) is 9.47 Å². The van der Waals surface area contributed by atoms with Crippen LogP contribution in [0.4, 0.5) is 18.9 Å². The lowest BCUT2D eigenvalue weighted by Gasteiger charge is -2.14. The number of hydrogen-bond acceptors (Lipinski definition) is 4. The Bertz CT molecular complexity index is 825. The second-order valence-corrected chi connectivity index (χ2v) is 5.55. The number of hydrogen-bond donors (Lipinski definition) is 2. The smallest absolute Gasteiger partial charge is 0.471 e. The minimum absolute atomic E-state index is 0.275. The van der Waals surface area contributed by atoms with Crippen LogP contribution in [0.5, 0.6) is 11.5 Å². The summed E-state index contributed by atoms with van der Waals surface area (Å²) < 4.78 is 47.8. The highest BCUT2D eigenvalue weighted by Gasteiger charge is 2.38. The molecule has 2 amide bonds. The Balaban J connectivity index is 1.96. The minimum Gasteiger partial charge on any atom is -0.490 e. The zero-order valence-electron chi connectivity index (χ0n) is 15.0. The van der Waals surface area contributed by atoms with Gasteiger partial charge < -0.3 is 20.1 Å². The molecule has 0 saturated carbocycles. The third kappa shape index (κ3) is 6.19. The molecule has 0 unspecified atom stereocenters. The fourth-order valence-electron chi connectivity index (χ4n) is 2.25. The van der Waals surface area contributed by atoms with Gasteiger partial charge in [-0.05, 0) is 30.7 Å². The number of carbonyl (C=O) groups excluding carboxylic acids is 2. The Labute approximate surface area is 159 Å². The summed E-state index contributed by atoms with van der Waals surface area (Å²) >= 11 is 0. The molecule has 0 fully saturated rings. The monoisotopic (exact) mass is 396 g/mol. The van der Waals surface area contributed by atoms with Crippen molar-refractivity contribution < 1.29 is 32.2 Å². The Hall–Kier alpha value is -3.23. The number of alkyl halides is 3. The zero-order valence-corrected chi connectivity index (χ0v) is 15.0. The number of amides is 2. The highest BCUT2D eigenvalue weighted by Crippen LogP contribution is 2.26. The van der Waals surface area contributed by atoms with Crippen molar-refractivity contribution in [3.63, 3.8) is 0 Å². The van der Waals surface area contributed by atoms with Gasteiger partial charge in [0.2, 0.25) is 0 Å². The van der Waals surface area contributed by atoms with Crippen molar-refractivity contribution >= 4 is 17.5 Å². The molecular weight excluding hydrogens is 377 g/mol. The lowest BCUT2D eigenvalue weighted by molar-refractivity contribution is -0.173. The molecule has 0 saturated heterocycles. The molecule has 0 spiro atoms. The molecule has 2 aromatic rings. The van der Waals surface area contributed by atoms with E-state index in [0.29, 0.717) is 23.7 Å². The zero-order chi connectivity index (χ0) is 20.6. The first kappa shape index (κ1) is 21.1. The van der Waals surface area contributed by atoms with Gasteiger partial charge in [0.25, 0.3) is 5.91 Å². The van der Waals surface area contributed by atoms with E-state index in [1.807, 2.05) is 6.92 Å². The van der Waals surface area contributed by atoms with Gasteiger partial charge >= 0.3 is 12.1 Å². The van der Waals surface area contributed by atoms with Crippen molar-refractivity contribution in [3.8, 4) is 11.5 Å². The SMILES string of the molecule is CCOc1ccccc1OCC(=O)Nc1ccccc1CNC(=O)C(F)(F)F. The predicted molar refractivity (Wildman–Crippen MR) is 96.1 cm³/mol. The number of ether oxygens (including phenoxy) is 2. The summed E-state index contributed by atoms with van der Waals surface area (Å²) in [6.07, 6.45) is -4.97. The number of benzene rings is 2. The summed E-state index contributed by atoms with van der Waals surface area (Å²) in [5.41, 5.74) is 0.597. The van der Waals surface area contributed by atoms with Crippen LogP contribution < -0.4 is 20.1 Å². The lowest BCUT2D eigenvalue weighted by Crippen LogP contribution is -2.36. The van der Waals surface area contributed by atoms with E-state index in [1.165, 1.54) is 12.1 Å². The standard InChI is InChI=1S/C19H19F3N2O4/c1-2-27-15-9-5-6-10-16(15)28-12-17(25)24-14-8-4-3-7-13(14)11-23-18(26)19(20,21)22/h3-10H,2,11-12H2,1H3,(H,23,26)(H,24,25). The quantitative estimate of drug-likeness (QED) is 0.718. The Morgan fingerprint density at radius 1 is 0.964 bits per heavy atom. The van der Waals surface area contributed by atoms with Crippen molar-refractivity contribution in [3.05, 3.63) is 54.1 Å². The summed E-state index contributed by atoms with van der Waals surface area (Å²) in [5.74, 6) is -1.68. The Kier molecular flexibility index (Phi) is 7.25. The average molecular weight is 396 g/mol. The number of halogens is 3. The van der Waals surface area contributed by atoms with E-state index in [9.17, 15) is 22.8 Å². The minimum atomic E-state index is -4.97. The first-order valence-corrected chi connectivity index (χ1v) is 8.38. The van der Waals surface area contributed by atoms with Gasteiger partial charge in [-0.3, -0.25) is 9.59 Å². The summed E-state index contributed by atoms with van der Waals surface area (Å²) in [6, 6.07) is 13.1. The molecule has 2 N–H and O–H groups in total. The molecule has 0 radical (unpaired) electrons. The summed E-state index contributed by atoms with van der Waals surface area (Å²) in [5, 5.41) is 4.33. The largest absolute Gasteiger partial charge is 0.490 e. The maximum atomic E-state index is 12.3. The average Bonchev–Trinajstić information content (AvgIpc) is 2.66. The number of para-hydroxylation sites is 3. The van der Waals surface area contributed by atoms with Crippen LogP contribution in [0.25, 0.3) is 0 Å². The van der Waals surface area contributed by atoms with E-state index in [1.54, 1.807) is 41.7 Å². The van der Waals surface area contributed by atoms with Crippen LogP contribution in [0.1, 0.15) is 12.5 Å². The molecule has 28 heavy (non-hydrogen) atoms. The molecule has 0 aliphatic rings. The molecule has 0 heterocycles. The Morgan fingerprint density at radius 2 is 1.57 bits per heavy atom. The van der Waals surface area contributed by atoms with E-state index < -0.39 is 18.0 Å². The molecular formula is C19H19F3N2O4. The van der Waals surface area contributed by atoms with Gasteiger partial charge in [-0.1, -0.05) is 30.3 Å². The molecule has 0 aliphatic carbocycles. The number of rotatable bonds is 8. The molecule has 0 aliphatic heterocycles. The molecule has 9 heteroatoms. The molecule has 0 atom stereocenters. The van der Waals surface area contributed by atoms with Gasteiger partial charge in [-0.25, -0.2) is 0 Å². The normalized spacial score (nSPS) is 10.9. The van der Waals surface area contributed by atoms with Crippen molar-refractivity contribution in [1.29, 1.82) is 0 Å². The van der Waals surface area contributed by atoms with Gasteiger partial charge in [0.05, 0.1) is 6.61 Å². The topological polar surface area (TPSA) is 76.7 Å². The highest BCUT2D eigenvalue weighted by atomic mass is 19.4. The van der Waals surface area contributed by atoms with Crippen LogP contribution >= 0.6 is 0 Å². The molecule has 2 aromatic carbocycles. The van der Waals surface area contributed by atoms with Crippen LogP contribution in [0.2, 0.25) is 0 Å². The van der Waals surface area contributed by atoms with E-state index in [0.717, 1.165) is 0 Å². The van der Waals surface area contributed by atoms with E-state index in [2.05, 4.69) is 5.32 Å². The van der Waals surface area contributed by atoms with Gasteiger partial charge in [-0.15, -0.1) is 0 Å². The fourth-order valence-corrected chi connectivity index (χ4v) is 2.25. The number of nitrogens with one attached hydrogen (secondary N) is 2. The summed E-state index contributed by atoms with van der Waals surface area (Å²) in [7, 11) is 0. The molecule has 6 nitrogen and oxygen atoms in total. The van der Waals surface area contributed by atoms with E-state index in [-0.39, 0.29) is 18.8 Å². The fraction of sp³-hybridized carbons (Fsp3) is 0.263. The predicted octanol–water partition coefficient (Wildman–Crippen LogP) is 3.28. The van der Waals surface area contributed by atoms with Gasteiger partial charge in [0, 0.05) is 12.2 Å². The number of carbonyl (C=O) groups is 2. The second kappa shape index (κ2) is 9.63. The second-order valence-electron chi connectivity index (χ2n) is 5.55. The van der Waals surface area contributed by atoms with Crippen LogP contribution in [0, 0.1) is 0 Å². The maximum absolute atomic E-state index is 12.3. The molecule has 0 bridgehead atoms. The lowest BCUT2D eigenvalue weighted by atomic mass is 10.1. The van der Waals surface area contributed by atoms with Crippen LogP contribution in [0.3, 0.4) is 0 Å². The third-order valence-corrected chi connectivity index (χ3v) is 3.50. The van der Waals surface area contributed by atoms with Crippen molar-refractivity contribution in [2.45, 2.75) is 19.6 Å². The first-order chi connectivity index (χ1) is 13.3. The van der Waals surface area contributed by atoms with Crippen molar-refractivity contribution in [2.24, 2.45) is 0 Å². The summed E-state index contributed by atoms with van der Waals surface area (Å²) in [6.45, 7) is 1.54. The third-order valence-electron chi connectivity index (χ3n) is 3.50. The van der Waals surface area contributed by atoms with Crippen molar-refractivity contribution in [2.75, 3.05) is 18.5 Å². The molecule has 0 aromatic heterocycles. The highest BCUT2D eigenvalue weighted by molar-refractivity contribution is 5.92. The van der Waals surface area contributed by atoms with Gasteiger partial charge in [-0.2, -0.15) is 13.2 Å². The maximum Gasteiger partial charge on any atom is 0.471 e. The van der Waals surface area contributed by atoms with E-state index >= 15 is 0 Å².